The van der Waals surface area contributed by atoms with Crippen molar-refractivity contribution in [1.29, 1.82) is 0 Å². The second-order valence-corrected chi connectivity index (χ2v) is 5.00. The Bertz CT molecular complexity index is 676. The number of aliphatic imine (C=N–C) groups is 1. The monoisotopic (exact) mass is 325 g/mol. The van der Waals surface area contributed by atoms with Crippen molar-refractivity contribution in [3.63, 3.8) is 0 Å². The Balaban J connectivity index is 1.90. The second-order valence-electron chi connectivity index (χ2n) is 5.00. The number of guanidine groups is 1. The third-order valence-electron chi connectivity index (χ3n) is 3.16. The summed E-state index contributed by atoms with van der Waals surface area (Å²) >= 11 is 0. The summed E-state index contributed by atoms with van der Waals surface area (Å²) in [5.41, 5.74) is 0.855. The van der Waals surface area contributed by atoms with Crippen LogP contribution in [0.1, 0.15) is 16.7 Å². The molecule has 0 atom stereocenters. The maximum atomic E-state index is 12.7. The van der Waals surface area contributed by atoms with Gasteiger partial charge in [0.25, 0.3) is 0 Å². The number of hydrogen-bond donors (Lipinski definition) is 2. The zero-order valence-electron chi connectivity index (χ0n) is 12.9. The third kappa shape index (κ3) is 5.01. The van der Waals surface area contributed by atoms with E-state index in [-0.39, 0.29) is 6.54 Å². The number of aryl methyl sites for hydroxylation is 1. The quantitative estimate of drug-likeness (QED) is 0.670. The molecule has 23 heavy (non-hydrogen) atoms. The minimum absolute atomic E-state index is 0.247. The van der Waals surface area contributed by atoms with Crippen LogP contribution < -0.4 is 10.6 Å². The summed E-state index contributed by atoms with van der Waals surface area (Å²) in [5.74, 6) is 0.506. The van der Waals surface area contributed by atoms with E-state index in [1.54, 1.807) is 24.0 Å². The number of aromatic nitrogens is 2. The Morgan fingerprint density at radius 1 is 1.22 bits per heavy atom. The highest BCUT2D eigenvalue weighted by Gasteiger charge is 2.30. The fraction of sp³-hybridized carbons (Fsp3) is 0.333. The molecule has 124 valence electrons. The standard InChI is InChI=1S/C15H18F3N5/c1-19-14(21-8-12-9-22-23(2)10-12)20-7-11-4-3-5-13(6-11)15(16,17)18/h3-6,9-10H,7-8H2,1-2H3,(H2,19,20,21). The van der Waals surface area contributed by atoms with Crippen LogP contribution in [-0.2, 0) is 26.3 Å². The molecule has 0 fully saturated rings. The normalized spacial score (nSPS) is 12.3. The molecule has 1 aromatic carbocycles. The summed E-state index contributed by atoms with van der Waals surface area (Å²) in [7, 11) is 3.43. The highest BCUT2D eigenvalue weighted by atomic mass is 19.4. The predicted molar refractivity (Wildman–Crippen MR) is 81.7 cm³/mol. The minimum Gasteiger partial charge on any atom is -0.352 e. The lowest BCUT2D eigenvalue weighted by atomic mass is 10.1. The number of hydrogen-bond acceptors (Lipinski definition) is 2. The van der Waals surface area contributed by atoms with Gasteiger partial charge in [0.2, 0.25) is 0 Å². The van der Waals surface area contributed by atoms with Gasteiger partial charge in [0.15, 0.2) is 5.96 Å². The van der Waals surface area contributed by atoms with Gasteiger partial charge in [-0.15, -0.1) is 0 Å². The van der Waals surface area contributed by atoms with Crippen molar-refractivity contribution >= 4 is 5.96 Å². The van der Waals surface area contributed by atoms with E-state index in [0.717, 1.165) is 17.7 Å². The molecule has 0 amide bonds. The molecule has 2 rings (SSSR count). The molecule has 0 bridgehead atoms. The minimum atomic E-state index is -4.34. The number of benzene rings is 1. The van der Waals surface area contributed by atoms with Gasteiger partial charge in [0, 0.05) is 38.9 Å². The van der Waals surface area contributed by atoms with E-state index in [9.17, 15) is 13.2 Å². The molecule has 2 aromatic rings. The van der Waals surface area contributed by atoms with Crippen molar-refractivity contribution in [2.24, 2.45) is 12.0 Å². The first-order valence-electron chi connectivity index (χ1n) is 6.96. The van der Waals surface area contributed by atoms with Gasteiger partial charge in [-0.3, -0.25) is 9.67 Å². The first-order chi connectivity index (χ1) is 10.9. The van der Waals surface area contributed by atoms with Crippen molar-refractivity contribution in [3.8, 4) is 0 Å². The Morgan fingerprint density at radius 2 is 1.91 bits per heavy atom. The van der Waals surface area contributed by atoms with Crippen LogP contribution in [0.25, 0.3) is 0 Å². The number of nitrogens with zero attached hydrogens (tertiary/aromatic N) is 3. The van der Waals surface area contributed by atoms with Gasteiger partial charge in [0.05, 0.1) is 11.8 Å². The summed E-state index contributed by atoms with van der Waals surface area (Å²) in [6, 6.07) is 5.21. The van der Waals surface area contributed by atoms with Crippen molar-refractivity contribution < 1.29 is 13.2 Å². The number of alkyl halides is 3. The van der Waals surface area contributed by atoms with Crippen molar-refractivity contribution in [2.45, 2.75) is 19.3 Å². The Kier molecular flexibility index (Phi) is 5.25. The summed E-state index contributed by atoms with van der Waals surface area (Å²) in [6.45, 7) is 0.771. The Labute approximate surface area is 132 Å². The van der Waals surface area contributed by atoms with Gasteiger partial charge in [-0.2, -0.15) is 18.3 Å². The molecule has 1 aromatic heterocycles. The van der Waals surface area contributed by atoms with Gasteiger partial charge in [-0.1, -0.05) is 12.1 Å². The van der Waals surface area contributed by atoms with E-state index in [0.29, 0.717) is 18.1 Å². The van der Waals surface area contributed by atoms with E-state index in [1.807, 2.05) is 13.2 Å². The van der Waals surface area contributed by atoms with E-state index in [4.69, 9.17) is 0 Å². The summed E-state index contributed by atoms with van der Waals surface area (Å²) in [6.07, 6.45) is -0.740. The van der Waals surface area contributed by atoms with E-state index >= 15 is 0 Å². The van der Waals surface area contributed by atoms with Gasteiger partial charge >= 0.3 is 6.18 Å². The maximum Gasteiger partial charge on any atom is 0.416 e. The van der Waals surface area contributed by atoms with Gasteiger partial charge in [-0.05, 0) is 17.7 Å². The van der Waals surface area contributed by atoms with Crippen LogP contribution in [0, 0.1) is 0 Å². The smallest absolute Gasteiger partial charge is 0.352 e. The fourth-order valence-corrected chi connectivity index (χ4v) is 2.01. The number of nitrogens with one attached hydrogen (secondary N) is 2. The first kappa shape index (κ1) is 16.9. The lowest BCUT2D eigenvalue weighted by Crippen LogP contribution is -2.36. The second kappa shape index (κ2) is 7.17. The largest absolute Gasteiger partial charge is 0.416 e. The van der Waals surface area contributed by atoms with E-state index in [1.165, 1.54) is 6.07 Å². The highest BCUT2D eigenvalue weighted by molar-refractivity contribution is 5.79. The molecular formula is C15H18F3N5. The SMILES string of the molecule is CN=C(NCc1cccc(C(F)(F)F)c1)NCc1cnn(C)c1. The molecule has 0 unspecified atom stereocenters. The van der Waals surface area contributed by atoms with Crippen molar-refractivity contribution in [2.75, 3.05) is 7.05 Å². The van der Waals surface area contributed by atoms with Crippen LogP contribution in [-0.4, -0.2) is 22.8 Å². The van der Waals surface area contributed by atoms with Crippen LogP contribution in [0.3, 0.4) is 0 Å². The van der Waals surface area contributed by atoms with Crippen molar-refractivity contribution in [1.82, 2.24) is 20.4 Å². The average molecular weight is 325 g/mol. The topological polar surface area (TPSA) is 54.2 Å². The zero-order chi connectivity index (χ0) is 16.9. The molecule has 5 nitrogen and oxygen atoms in total. The molecule has 0 spiro atoms. The first-order valence-corrected chi connectivity index (χ1v) is 6.96. The van der Waals surface area contributed by atoms with Crippen molar-refractivity contribution in [3.05, 3.63) is 53.3 Å². The van der Waals surface area contributed by atoms with Gasteiger partial charge in [-0.25, -0.2) is 0 Å². The molecule has 8 heteroatoms. The summed E-state index contributed by atoms with van der Waals surface area (Å²) in [4.78, 5) is 4.04. The van der Waals surface area contributed by atoms with Crippen LogP contribution in [0.2, 0.25) is 0 Å². The van der Waals surface area contributed by atoms with Gasteiger partial charge < -0.3 is 10.6 Å². The molecule has 1 heterocycles. The lowest BCUT2D eigenvalue weighted by molar-refractivity contribution is -0.137. The molecule has 0 aliphatic carbocycles. The summed E-state index contributed by atoms with van der Waals surface area (Å²) in [5, 5.41) is 10.1. The Hall–Kier alpha value is -2.51. The fourth-order valence-electron chi connectivity index (χ4n) is 2.01. The highest BCUT2D eigenvalue weighted by Crippen LogP contribution is 2.29. The molecule has 0 aliphatic rings. The maximum absolute atomic E-state index is 12.7. The average Bonchev–Trinajstić information content (AvgIpc) is 2.92. The number of halogens is 3. The van der Waals surface area contributed by atoms with Gasteiger partial charge in [0.1, 0.15) is 0 Å². The summed E-state index contributed by atoms with van der Waals surface area (Å²) < 4.78 is 39.7. The van der Waals surface area contributed by atoms with E-state index in [2.05, 4.69) is 20.7 Å². The lowest BCUT2D eigenvalue weighted by Gasteiger charge is -2.12. The zero-order valence-corrected chi connectivity index (χ0v) is 12.9. The molecular weight excluding hydrogens is 307 g/mol. The van der Waals surface area contributed by atoms with Crippen LogP contribution in [0.15, 0.2) is 41.7 Å². The third-order valence-corrected chi connectivity index (χ3v) is 3.16. The molecule has 2 N–H and O–H groups in total. The van der Waals surface area contributed by atoms with Crippen LogP contribution >= 0.6 is 0 Å². The Morgan fingerprint density at radius 3 is 2.48 bits per heavy atom. The molecule has 0 saturated carbocycles. The number of rotatable bonds is 4. The molecule has 0 saturated heterocycles. The molecule has 0 radical (unpaired) electrons. The molecule has 0 aliphatic heterocycles. The van der Waals surface area contributed by atoms with Crippen LogP contribution in [0.5, 0.6) is 0 Å². The van der Waals surface area contributed by atoms with Crippen LogP contribution in [0.4, 0.5) is 13.2 Å². The van der Waals surface area contributed by atoms with E-state index < -0.39 is 11.7 Å². The predicted octanol–water partition coefficient (Wildman–Crippen LogP) is 2.30.